The molecule has 3 heterocycles. The van der Waals surface area contributed by atoms with Crippen molar-refractivity contribution in [2.75, 3.05) is 49.2 Å². The summed E-state index contributed by atoms with van der Waals surface area (Å²) in [7, 11) is 3.31. The molecule has 2 aromatic rings. The average molecular weight is 2010 g/mol. The Kier molecular flexibility index (Phi) is 48.7. The molecule has 0 spiro atoms. The molecule has 52 heteroatoms. The summed E-state index contributed by atoms with van der Waals surface area (Å²) in [6, 6.07) is -15.5. The lowest BCUT2D eigenvalue weighted by Gasteiger charge is -2.32. The number of amides is 22. The number of aromatic hydroxyl groups is 2. The second kappa shape index (κ2) is 57.8. The number of carbonyl (C=O) groups is 22. The maximum absolute atomic E-state index is 15.6. The van der Waals surface area contributed by atoms with Gasteiger partial charge >= 0.3 is 0 Å². The number of primary amides is 6. The Hall–Kier alpha value is -12.3. The van der Waals surface area contributed by atoms with Crippen molar-refractivity contribution >= 4 is 173 Å². The summed E-state index contributed by atoms with van der Waals surface area (Å²) in [4.78, 5) is 313. The fourth-order valence-corrected chi connectivity index (χ4v) is 19.2. The molecule has 0 aliphatic carbocycles. The normalized spacial score (nSPS) is 24.3. The Labute approximate surface area is 813 Å². The van der Waals surface area contributed by atoms with Crippen molar-refractivity contribution < 1.29 is 116 Å². The van der Waals surface area contributed by atoms with Gasteiger partial charge in [-0.25, -0.2) is 0 Å². The molecule has 3 fully saturated rings. The Morgan fingerprint density at radius 1 is 0.391 bits per heavy atom. The minimum absolute atomic E-state index is 0.000499. The predicted molar refractivity (Wildman–Crippen MR) is 509 cm³/mol. The number of nitrogens with two attached hydrogens (primary N) is 8. The fourth-order valence-electron chi connectivity index (χ4n) is 14.7. The lowest BCUT2D eigenvalue weighted by Crippen LogP contribution is -2.61. The summed E-state index contributed by atoms with van der Waals surface area (Å²) < 4.78 is 0. The van der Waals surface area contributed by atoms with Gasteiger partial charge in [0.2, 0.25) is 130 Å². The zero-order chi connectivity index (χ0) is 103. The van der Waals surface area contributed by atoms with Gasteiger partial charge in [0.15, 0.2) is 0 Å². The van der Waals surface area contributed by atoms with E-state index in [1.54, 1.807) is 55.4 Å². The highest BCUT2D eigenvalue weighted by Crippen LogP contribution is 2.30. The highest BCUT2D eigenvalue weighted by Gasteiger charge is 2.45. The molecule has 5 unspecified atom stereocenters. The van der Waals surface area contributed by atoms with E-state index in [0.29, 0.717) is 32.7 Å². The van der Waals surface area contributed by atoms with Crippen LogP contribution in [0.4, 0.5) is 0 Å². The van der Waals surface area contributed by atoms with Gasteiger partial charge in [0.1, 0.15) is 96.1 Å². The molecule has 0 bridgehead atoms. The van der Waals surface area contributed by atoms with Gasteiger partial charge in [0, 0.05) is 61.8 Å². The van der Waals surface area contributed by atoms with Crippen LogP contribution in [0.2, 0.25) is 0 Å². The molecule has 764 valence electrons. The number of rotatable bonds is 34. The number of phenols is 2. The van der Waals surface area contributed by atoms with Crippen LogP contribution in [0.3, 0.4) is 0 Å². The van der Waals surface area contributed by atoms with Crippen LogP contribution in [0.1, 0.15) is 156 Å². The fraction of sp³-hybridized carbons (Fsp3) is 0.605. The molecule has 18 atom stereocenters. The standard InChI is InChI=1S/C86H132N24O24S4/c1-9-43(7)69-83(131)97-51(23-25-63(89)113)75(123)101-57(33-65(91)115)77(125)105-59(85(133)109-27-11-13-61(109)81(129)103-53(29-41(3)4)73(121)95-35-67(93)117)39-137-138-40-60(86(134)110-28-12-14-62(110)82(130)104-54(30-42(5)6)74(122)96-36-68(94)118)106-78(126)58(34-66(92)116)102-76(124)52(24-26-64(90)114)98-84(132)70(44(8)10-2)108-80(128)56(32-46-17-21-48(112)22-18-46)100-72(120)50(88)38-136-135-37-49(87)71(119)99-55(79(127)107-69)31-45-15-19-47(111)20-16-45/h15-22,41-44,49-62,69-70,111-112H,9-14,23-40,87-88H2,1-8H3,(H2,89,113)(H2,90,114)(H2,91,115)(H2,92,116)(H2,93,117)(H2,94,118)(H,95,121)(H,96,122)(H,97,131)(H,98,132)(H,99,119)(H,100,120)(H,101,123)(H,102,124)(H,103,129)(H,104,130)(H,105,125)(H,106,126)(H,107,127)(H,108,128)/t43-,44-,49-,50-,51?,52?,53-,54-,55-,56?,57-,58-,59?,60?,61-,62-,69-,70-/m0/s1. The molecule has 0 aromatic heterocycles. The maximum atomic E-state index is 15.6. The number of phenolic OH excluding ortho intramolecular Hbond substituents is 2. The summed E-state index contributed by atoms with van der Waals surface area (Å²) in [5, 5.41) is 55.6. The Balaban J connectivity index is 1.74. The Morgan fingerprint density at radius 3 is 1.00 bits per heavy atom. The second-order valence-electron chi connectivity index (χ2n) is 34.8. The first-order valence-electron chi connectivity index (χ1n) is 45.1. The molecule has 3 aliphatic heterocycles. The number of benzene rings is 2. The number of carbonyl (C=O) groups excluding carboxylic acids is 22. The molecule has 48 nitrogen and oxygen atoms in total. The molecule has 138 heavy (non-hydrogen) atoms. The largest absolute Gasteiger partial charge is 0.508 e. The van der Waals surface area contributed by atoms with Gasteiger partial charge in [0.25, 0.3) is 0 Å². The average Bonchev–Trinajstić information content (AvgIpc) is 1.66. The maximum Gasteiger partial charge on any atom is 0.246 e. The third kappa shape index (κ3) is 39.3. The SMILES string of the molecule is CC[C@H](C)[C@@H]1NC(=O)C(Cc2ccc(O)cc2)NC(=O)[C@@H](N)CSSC[C@H](N)C(=O)N[C@@H](Cc2ccc(O)cc2)C(=O)N[C@@H]([C@@H](C)CC)C(=O)NC(CCC(N)=O)C(=O)N[C@@H](CC(N)=O)C(=O)NC(C(=O)N2CCC[C@H]2C(=O)N[C@@H](CC(C)C)C(=O)NCC(N)=O)CSSCC(C(=O)N2CCC[C@H]2C(=O)N[C@@H](CC(C)C)C(=O)NCC(N)=O)NC(=O)[C@H](CC(N)=O)NC(=O)C(CCC(N)=O)NC1=O. The second-order valence-corrected chi connectivity index (χ2v) is 39.9. The molecule has 2 aromatic carbocycles. The summed E-state index contributed by atoms with van der Waals surface area (Å²) in [6.07, 6.45) is -4.91. The summed E-state index contributed by atoms with van der Waals surface area (Å²) >= 11 is 0. The van der Waals surface area contributed by atoms with Gasteiger partial charge in [0.05, 0.1) is 38.0 Å². The van der Waals surface area contributed by atoms with Gasteiger partial charge < -0.3 is 140 Å². The summed E-state index contributed by atoms with van der Waals surface area (Å²) in [5.74, 6) is -27.4. The Bertz CT molecular complexity index is 4380. The number of hydrogen-bond acceptors (Lipinski definition) is 30. The molecule has 0 radical (unpaired) electrons. The Morgan fingerprint density at radius 2 is 0.696 bits per heavy atom. The topological polar surface area (TPSA) is 799 Å². The minimum Gasteiger partial charge on any atom is -0.508 e. The van der Waals surface area contributed by atoms with E-state index in [0.717, 1.165) is 31.4 Å². The van der Waals surface area contributed by atoms with Crippen LogP contribution in [-0.2, 0) is 118 Å². The van der Waals surface area contributed by atoms with Crippen LogP contribution in [0.5, 0.6) is 11.5 Å². The van der Waals surface area contributed by atoms with E-state index < -0.39 is 302 Å². The van der Waals surface area contributed by atoms with Gasteiger partial charge in [-0.1, -0.05) is 136 Å². The molecular formula is C86H132N24O24S4. The monoisotopic (exact) mass is 2010 g/mol. The molecular weight excluding hydrogens is 1880 g/mol. The lowest BCUT2D eigenvalue weighted by atomic mass is 9.96. The van der Waals surface area contributed by atoms with E-state index in [9.17, 15) is 96.5 Å². The van der Waals surface area contributed by atoms with Gasteiger partial charge in [-0.2, -0.15) is 0 Å². The summed E-state index contributed by atoms with van der Waals surface area (Å²) in [6.45, 7) is 11.6. The minimum atomic E-state index is -2.11. The first-order chi connectivity index (χ1) is 65.0. The van der Waals surface area contributed by atoms with Crippen molar-refractivity contribution in [2.45, 2.75) is 255 Å². The first kappa shape index (κ1) is 116. The molecule has 3 aliphatic rings. The number of nitrogens with one attached hydrogen (secondary N) is 14. The van der Waals surface area contributed by atoms with E-state index in [4.69, 9.17) is 45.9 Å². The molecule has 5 rings (SSSR count). The van der Waals surface area contributed by atoms with Crippen molar-refractivity contribution in [1.29, 1.82) is 0 Å². The van der Waals surface area contributed by atoms with E-state index in [1.165, 1.54) is 48.5 Å². The summed E-state index contributed by atoms with van der Waals surface area (Å²) in [5.41, 5.74) is 47.0. The van der Waals surface area contributed by atoms with Crippen LogP contribution < -0.4 is 120 Å². The number of nitrogens with zero attached hydrogens (tertiary/aromatic N) is 2. The highest BCUT2D eigenvalue weighted by molar-refractivity contribution is 8.77. The third-order valence-electron chi connectivity index (χ3n) is 22.6. The quantitative estimate of drug-likeness (QED) is 0.0290. The van der Waals surface area contributed by atoms with Crippen molar-refractivity contribution in [1.82, 2.24) is 84.2 Å². The number of likely N-dealkylation sites (tertiary alicyclic amines) is 2. The smallest absolute Gasteiger partial charge is 0.246 e. The van der Waals surface area contributed by atoms with Crippen LogP contribution in [0.25, 0.3) is 0 Å². The first-order valence-corrected chi connectivity index (χ1v) is 50.1. The van der Waals surface area contributed by atoms with E-state index in [-0.39, 0.29) is 112 Å². The van der Waals surface area contributed by atoms with Gasteiger partial charge in [-0.3, -0.25) is 105 Å². The van der Waals surface area contributed by atoms with Crippen molar-refractivity contribution in [3.8, 4) is 11.5 Å². The van der Waals surface area contributed by atoms with Crippen molar-refractivity contribution in [3.63, 3.8) is 0 Å². The lowest BCUT2D eigenvalue weighted by molar-refractivity contribution is -0.142. The van der Waals surface area contributed by atoms with Gasteiger partial charge in [-0.05, 0) is 110 Å². The third-order valence-corrected chi connectivity index (χ3v) is 27.5. The van der Waals surface area contributed by atoms with Gasteiger partial charge in [-0.15, -0.1) is 0 Å². The van der Waals surface area contributed by atoms with E-state index in [1.807, 2.05) is 0 Å². The number of hydrogen-bond donors (Lipinski definition) is 24. The zero-order valence-electron chi connectivity index (χ0n) is 78.2. The molecule has 32 N–H and O–H groups in total. The van der Waals surface area contributed by atoms with Crippen LogP contribution in [0.15, 0.2) is 48.5 Å². The predicted octanol–water partition coefficient (Wildman–Crippen LogP) is -7.22. The van der Waals surface area contributed by atoms with Crippen molar-refractivity contribution in [3.05, 3.63) is 59.7 Å². The van der Waals surface area contributed by atoms with E-state index in [2.05, 4.69) is 74.4 Å². The van der Waals surface area contributed by atoms with Crippen LogP contribution in [0, 0.1) is 23.7 Å². The van der Waals surface area contributed by atoms with E-state index >= 15 is 19.2 Å². The molecule has 3 saturated heterocycles. The zero-order valence-corrected chi connectivity index (χ0v) is 81.4. The highest BCUT2D eigenvalue weighted by atomic mass is 33.1. The van der Waals surface area contributed by atoms with Crippen LogP contribution in [-0.4, -0.2) is 296 Å². The van der Waals surface area contributed by atoms with Crippen molar-refractivity contribution in [2.24, 2.45) is 69.5 Å². The van der Waals surface area contributed by atoms with Crippen LogP contribution >= 0.6 is 43.2 Å². The molecule has 22 amide bonds. The molecule has 0 saturated carbocycles.